The van der Waals surface area contributed by atoms with Crippen LogP contribution in [-0.2, 0) is 32.6 Å². The third kappa shape index (κ3) is 8.96. The second-order valence-corrected chi connectivity index (χ2v) is 12.8. The monoisotopic (exact) mass is 659 g/mol. The molecule has 1 N–H and O–H groups in total. The number of hydrogen-bond donors (Lipinski definition) is 1. The highest BCUT2D eigenvalue weighted by Gasteiger charge is 2.34. The molecule has 2 amide bonds. The topological polar surface area (TPSA) is 105 Å². The van der Waals surface area contributed by atoms with Gasteiger partial charge in [-0.1, -0.05) is 65.3 Å². The van der Waals surface area contributed by atoms with E-state index in [-0.39, 0.29) is 36.4 Å². The Kier molecular flexibility index (Phi) is 11.8. The summed E-state index contributed by atoms with van der Waals surface area (Å²) in [7, 11) is -1.04. The number of halogens is 1. The number of nitrogens with zero attached hydrogens (tertiary/aromatic N) is 2. The van der Waals surface area contributed by atoms with Crippen molar-refractivity contribution in [1.82, 2.24) is 10.2 Å². The van der Waals surface area contributed by atoms with E-state index in [0.717, 1.165) is 26.2 Å². The molecule has 2 atom stereocenters. The van der Waals surface area contributed by atoms with Crippen molar-refractivity contribution >= 4 is 43.5 Å². The summed E-state index contributed by atoms with van der Waals surface area (Å²) in [6, 6.07) is 20.5. The molecule has 0 spiro atoms. The number of amides is 2. The molecule has 11 heteroatoms. The van der Waals surface area contributed by atoms with E-state index in [0.29, 0.717) is 12.2 Å². The predicted molar refractivity (Wildman–Crippen MR) is 168 cm³/mol. The molecule has 9 nitrogen and oxygen atoms in total. The van der Waals surface area contributed by atoms with Crippen LogP contribution >= 0.6 is 15.9 Å². The molecule has 42 heavy (non-hydrogen) atoms. The first-order chi connectivity index (χ1) is 20.0. The number of sulfonamides is 1. The minimum absolute atomic E-state index is 0.0922. The predicted octanol–water partition coefficient (Wildman–Crippen LogP) is 4.79. The van der Waals surface area contributed by atoms with Crippen molar-refractivity contribution in [3.63, 3.8) is 0 Å². The van der Waals surface area contributed by atoms with Gasteiger partial charge in [-0.05, 0) is 48.7 Å². The number of hydrogen-bond acceptors (Lipinski definition) is 6. The van der Waals surface area contributed by atoms with E-state index in [1.54, 1.807) is 12.1 Å². The zero-order valence-electron chi connectivity index (χ0n) is 24.5. The van der Waals surface area contributed by atoms with Crippen LogP contribution < -0.4 is 19.1 Å². The summed E-state index contributed by atoms with van der Waals surface area (Å²) in [6.45, 7) is 3.42. The zero-order valence-corrected chi connectivity index (χ0v) is 26.9. The van der Waals surface area contributed by atoms with Gasteiger partial charge in [-0.2, -0.15) is 0 Å². The van der Waals surface area contributed by atoms with Gasteiger partial charge in [0.25, 0.3) is 0 Å². The van der Waals surface area contributed by atoms with Gasteiger partial charge in [0.1, 0.15) is 24.1 Å². The third-order valence-corrected chi connectivity index (χ3v) is 8.53. The molecule has 0 aliphatic rings. The average molecular weight is 661 g/mol. The van der Waals surface area contributed by atoms with Crippen molar-refractivity contribution in [2.75, 3.05) is 31.3 Å². The van der Waals surface area contributed by atoms with Gasteiger partial charge in [-0.3, -0.25) is 13.9 Å². The van der Waals surface area contributed by atoms with Crippen LogP contribution in [-0.4, -0.2) is 64.2 Å². The van der Waals surface area contributed by atoms with Crippen molar-refractivity contribution < 1.29 is 27.5 Å². The van der Waals surface area contributed by atoms with Crippen LogP contribution in [0.5, 0.6) is 11.5 Å². The lowest BCUT2D eigenvalue weighted by Crippen LogP contribution is -2.54. The maximum atomic E-state index is 14.2. The Bertz CT molecular complexity index is 1450. The van der Waals surface area contributed by atoms with E-state index in [4.69, 9.17) is 9.47 Å². The molecule has 0 aromatic heterocycles. The molecule has 0 bridgehead atoms. The van der Waals surface area contributed by atoms with Gasteiger partial charge in [0.05, 0.1) is 26.2 Å². The lowest BCUT2D eigenvalue weighted by atomic mass is 10.0. The number of anilines is 1. The van der Waals surface area contributed by atoms with E-state index in [1.807, 2.05) is 68.4 Å². The highest BCUT2D eigenvalue weighted by Crippen LogP contribution is 2.34. The molecule has 0 fully saturated rings. The van der Waals surface area contributed by atoms with Crippen molar-refractivity contribution in [1.29, 1.82) is 0 Å². The normalized spacial score (nSPS) is 12.6. The Morgan fingerprint density at radius 1 is 0.952 bits per heavy atom. The highest BCUT2D eigenvalue weighted by molar-refractivity contribution is 9.10. The van der Waals surface area contributed by atoms with E-state index >= 15 is 0 Å². The molecule has 0 aliphatic heterocycles. The minimum Gasteiger partial charge on any atom is -0.497 e. The first-order valence-corrected chi connectivity index (χ1v) is 16.2. The number of nitrogens with one attached hydrogen (secondary N) is 1. The number of carbonyl (C=O) groups excluding carboxylic acids is 2. The molecular weight excluding hydrogens is 622 g/mol. The molecule has 0 aliphatic carbocycles. The second kappa shape index (κ2) is 15.1. The molecule has 0 radical (unpaired) electrons. The van der Waals surface area contributed by atoms with Gasteiger partial charge >= 0.3 is 0 Å². The SMILES string of the molecule is CCC(C)NC(=O)C(Cc1ccccc1)N(Cc1ccc(Br)cc1)C(=O)CN(c1ccc(OC)cc1OC)S(C)(=O)=O. The van der Waals surface area contributed by atoms with E-state index in [1.165, 1.54) is 25.2 Å². The van der Waals surface area contributed by atoms with Crippen molar-refractivity contribution in [2.45, 2.75) is 45.3 Å². The van der Waals surface area contributed by atoms with Gasteiger partial charge in [0, 0.05) is 29.5 Å². The zero-order chi connectivity index (χ0) is 30.9. The van der Waals surface area contributed by atoms with Gasteiger partial charge in [0.2, 0.25) is 21.8 Å². The summed E-state index contributed by atoms with van der Waals surface area (Å²) in [5.74, 6) is -0.160. The Balaban J connectivity index is 2.09. The molecular formula is C31H38BrN3O6S. The molecule has 3 aromatic rings. The molecule has 226 valence electrons. The van der Waals surface area contributed by atoms with Crippen LogP contribution in [0.25, 0.3) is 0 Å². The first-order valence-electron chi connectivity index (χ1n) is 13.5. The Labute approximate surface area is 257 Å². The van der Waals surface area contributed by atoms with Crippen LogP contribution in [0.15, 0.2) is 77.3 Å². The van der Waals surface area contributed by atoms with Gasteiger partial charge in [-0.15, -0.1) is 0 Å². The fraction of sp³-hybridized carbons (Fsp3) is 0.355. The van der Waals surface area contributed by atoms with Crippen LogP contribution in [0.1, 0.15) is 31.4 Å². The fourth-order valence-electron chi connectivity index (χ4n) is 4.37. The molecule has 0 saturated heterocycles. The largest absolute Gasteiger partial charge is 0.497 e. The maximum absolute atomic E-state index is 14.2. The molecule has 0 saturated carbocycles. The van der Waals surface area contributed by atoms with Crippen LogP contribution in [0.3, 0.4) is 0 Å². The Morgan fingerprint density at radius 3 is 2.19 bits per heavy atom. The Hall–Kier alpha value is -3.57. The molecule has 3 rings (SSSR count). The van der Waals surface area contributed by atoms with E-state index < -0.39 is 28.5 Å². The van der Waals surface area contributed by atoms with Gasteiger partial charge in [-0.25, -0.2) is 8.42 Å². The Morgan fingerprint density at radius 2 is 1.62 bits per heavy atom. The highest BCUT2D eigenvalue weighted by atomic mass is 79.9. The van der Waals surface area contributed by atoms with Crippen LogP contribution in [0, 0.1) is 0 Å². The minimum atomic E-state index is -3.95. The summed E-state index contributed by atoms with van der Waals surface area (Å²) in [6.07, 6.45) is 1.99. The molecule has 2 unspecified atom stereocenters. The average Bonchev–Trinajstić information content (AvgIpc) is 2.98. The van der Waals surface area contributed by atoms with Crippen molar-refractivity contribution in [3.8, 4) is 11.5 Å². The summed E-state index contributed by atoms with van der Waals surface area (Å²) in [5.41, 5.74) is 1.84. The van der Waals surface area contributed by atoms with Crippen molar-refractivity contribution in [2.24, 2.45) is 0 Å². The van der Waals surface area contributed by atoms with Crippen LogP contribution in [0.2, 0.25) is 0 Å². The second-order valence-electron chi connectivity index (χ2n) is 9.98. The fourth-order valence-corrected chi connectivity index (χ4v) is 5.48. The maximum Gasteiger partial charge on any atom is 0.244 e. The summed E-state index contributed by atoms with van der Waals surface area (Å²) >= 11 is 3.44. The summed E-state index contributed by atoms with van der Waals surface area (Å²) in [5, 5.41) is 3.02. The van der Waals surface area contributed by atoms with Crippen molar-refractivity contribution in [3.05, 3.63) is 88.4 Å². The smallest absolute Gasteiger partial charge is 0.244 e. The summed E-state index contributed by atoms with van der Waals surface area (Å²) < 4.78 is 38.7. The first kappa shape index (κ1) is 32.9. The number of benzene rings is 3. The number of carbonyl (C=O) groups is 2. The quantitative estimate of drug-likeness (QED) is 0.267. The van der Waals surface area contributed by atoms with Crippen LogP contribution in [0.4, 0.5) is 5.69 Å². The number of methoxy groups -OCH3 is 2. The van der Waals surface area contributed by atoms with Gasteiger partial charge in [0.15, 0.2) is 0 Å². The molecule has 3 aromatic carbocycles. The lowest BCUT2D eigenvalue weighted by Gasteiger charge is -2.34. The standard InChI is InChI=1S/C31H38BrN3O6S/c1-6-22(2)33-31(37)28(18-23-10-8-7-9-11-23)34(20-24-12-14-25(32)15-13-24)30(36)21-35(42(5,38)39)27-17-16-26(40-3)19-29(27)41-4/h7-17,19,22,28H,6,18,20-21H2,1-5H3,(H,33,37). The number of ether oxygens (including phenoxy) is 2. The van der Waals surface area contributed by atoms with E-state index in [9.17, 15) is 18.0 Å². The van der Waals surface area contributed by atoms with Gasteiger partial charge < -0.3 is 19.7 Å². The summed E-state index contributed by atoms with van der Waals surface area (Å²) in [4.78, 5) is 29.4. The molecule has 0 heterocycles. The lowest BCUT2D eigenvalue weighted by molar-refractivity contribution is -0.140. The number of rotatable bonds is 14. The third-order valence-electron chi connectivity index (χ3n) is 6.87. The van der Waals surface area contributed by atoms with E-state index in [2.05, 4.69) is 21.2 Å².